The lowest BCUT2D eigenvalue weighted by Crippen LogP contribution is -2.33. The minimum absolute atomic E-state index is 0.159. The van der Waals surface area contributed by atoms with Gasteiger partial charge in [0.2, 0.25) is 0 Å². The third-order valence-corrected chi connectivity index (χ3v) is 2.42. The third kappa shape index (κ3) is 0.753. The molecule has 1 N–H and O–H groups in total. The zero-order chi connectivity index (χ0) is 6.97. The van der Waals surface area contributed by atoms with Gasteiger partial charge in [-0.15, -0.1) is 0 Å². The third-order valence-electron chi connectivity index (χ3n) is 2.42. The molecular weight excluding hydrogens is 126 g/mol. The van der Waals surface area contributed by atoms with Crippen LogP contribution in [0.3, 0.4) is 0 Å². The Morgan fingerprint density at radius 1 is 1.40 bits per heavy atom. The highest BCUT2D eigenvalue weighted by atomic mass is 16.2. The lowest BCUT2D eigenvalue weighted by Gasteiger charge is -2.19. The van der Waals surface area contributed by atoms with Crippen molar-refractivity contribution < 1.29 is 4.79 Å². The van der Waals surface area contributed by atoms with Gasteiger partial charge < -0.3 is 5.32 Å². The number of amides is 1. The standard InChI is InChI=1S/C8H11NO/c10-8-7(5-9-8)6-3-1-2-4-6/h5-6H,1-4H2,(H,9,10). The van der Waals surface area contributed by atoms with E-state index in [1.807, 2.05) is 6.20 Å². The molecule has 10 heavy (non-hydrogen) atoms. The molecule has 0 saturated heterocycles. The zero-order valence-electron chi connectivity index (χ0n) is 5.89. The largest absolute Gasteiger partial charge is 0.328 e. The summed E-state index contributed by atoms with van der Waals surface area (Å²) < 4.78 is 0. The Morgan fingerprint density at radius 2 is 2.10 bits per heavy atom. The van der Waals surface area contributed by atoms with Crippen LogP contribution in [0.4, 0.5) is 0 Å². The van der Waals surface area contributed by atoms with E-state index in [1.54, 1.807) is 0 Å². The van der Waals surface area contributed by atoms with Crippen LogP contribution >= 0.6 is 0 Å². The molecule has 0 bridgehead atoms. The van der Waals surface area contributed by atoms with Crippen LogP contribution in [-0.4, -0.2) is 5.91 Å². The minimum Gasteiger partial charge on any atom is -0.328 e. The number of carbonyl (C=O) groups excluding carboxylic acids is 1. The first-order valence-electron chi connectivity index (χ1n) is 3.89. The topological polar surface area (TPSA) is 29.1 Å². The van der Waals surface area contributed by atoms with Gasteiger partial charge in [-0.1, -0.05) is 12.8 Å². The van der Waals surface area contributed by atoms with Crippen molar-refractivity contribution in [1.82, 2.24) is 5.32 Å². The van der Waals surface area contributed by atoms with Crippen molar-refractivity contribution in [2.24, 2.45) is 5.92 Å². The van der Waals surface area contributed by atoms with Crippen molar-refractivity contribution in [3.8, 4) is 0 Å². The minimum atomic E-state index is 0.159. The van der Waals surface area contributed by atoms with E-state index in [2.05, 4.69) is 5.32 Å². The molecule has 2 heteroatoms. The smallest absolute Gasteiger partial charge is 0.252 e. The van der Waals surface area contributed by atoms with E-state index >= 15 is 0 Å². The van der Waals surface area contributed by atoms with E-state index in [-0.39, 0.29) is 5.91 Å². The highest BCUT2D eigenvalue weighted by Crippen LogP contribution is 2.32. The van der Waals surface area contributed by atoms with Gasteiger partial charge in [0.05, 0.1) is 0 Å². The Hall–Kier alpha value is -0.790. The Labute approximate surface area is 60.3 Å². The number of carbonyl (C=O) groups is 1. The summed E-state index contributed by atoms with van der Waals surface area (Å²) in [6.45, 7) is 0. The lowest BCUT2D eigenvalue weighted by molar-refractivity contribution is -0.118. The molecule has 1 saturated carbocycles. The highest BCUT2D eigenvalue weighted by molar-refractivity contribution is 6.00. The molecular formula is C8H11NO. The highest BCUT2D eigenvalue weighted by Gasteiger charge is 2.28. The summed E-state index contributed by atoms with van der Waals surface area (Å²) in [5, 5.41) is 2.63. The number of hydrogen-bond acceptors (Lipinski definition) is 1. The van der Waals surface area contributed by atoms with Gasteiger partial charge in [0.1, 0.15) is 0 Å². The van der Waals surface area contributed by atoms with Crippen LogP contribution in [0, 0.1) is 5.92 Å². The van der Waals surface area contributed by atoms with Gasteiger partial charge >= 0.3 is 0 Å². The van der Waals surface area contributed by atoms with E-state index < -0.39 is 0 Å². The van der Waals surface area contributed by atoms with Gasteiger partial charge in [-0.3, -0.25) is 4.79 Å². The van der Waals surface area contributed by atoms with Gasteiger partial charge in [-0.2, -0.15) is 0 Å². The van der Waals surface area contributed by atoms with Gasteiger partial charge in [-0.25, -0.2) is 0 Å². The van der Waals surface area contributed by atoms with Gasteiger partial charge in [0.15, 0.2) is 0 Å². The number of nitrogens with one attached hydrogen (secondary N) is 1. The molecule has 1 aliphatic carbocycles. The van der Waals surface area contributed by atoms with Crippen LogP contribution in [0.1, 0.15) is 25.7 Å². The van der Waals surface area contributed by atoms with E-state index in [1.165, 1.54) is 25.7 Å². The van der Waals surface area contributed by atoms with Crippen molar-refractivity contribution in [1.29, 1.82) is 0 Å². The van der Waals surface area contributed by atoms with Crippen LogP contribution in [0.5, 0.6) is 0 Å². The zero-order valence-corrected chi connectivity index (χ0v) is 5.89. The molecule has 2 nitrogen and oxygen atoms in total. The van der Waals surface area contributed by atoms with E-state index in [0.29, 0.717) is 5.92 Å². The Morgan fingerprint density at radius 3 is 2.50 bits per heavy atom. The predicted molar refractivity (Wildman–Crippen MR) is 38.2 cm³/mol. The quantitative estimate of drug-likeness (QED) is 0.578. The van der Waals surface area contributed by atoms with Crippen molar-refractivity contribution in [2.75, 3.05) is 0 Å². The fourth-order valence-corrected chi connectivity index (χ4v) is 1.75. The van der Waals surface area contributed by atoms with Crippen LogP contribution in [0.2, 0.25) is 0 Å². The molecule has 0 aromatic carbocycles. The van der Waals surface area contributed by atoms with Gasteiger partial charge in [0.25, 0.3) is 5.91 Å². The van der Waals surface area contributed by atoms with Gasteiger partial charge in [0, 0.05) is 11.8 Å². The normalized spacial score (nSPS) is 25.6. The maximum atomic E-state index is 10.8. The monoisotopic (exact) mass is 137 g/mol. The van der Waals surface area contributed by atoms with Crippen molar-refractivity contribution in [2.45, 2.75) is 25.7 Å². The molecule has 2 rings (SSSR count). The molecule has 0 unspecified atom stereocenters. The summed E-state index contributed by atoms with van der Waals surface area (Å²) in [7, 11) is 0. The van der Waals surface area contributed by atoms with Crippen LogP contribution in [0.15, 0.2) is 11.8 Å². The number of rotatable bonds is 1. The first-order chi connectivity index (χ1) is 4.88. The van der Waals surface area contributed by atoms with Crippen LogP contribution in [0.25, 0.3) is 0 Å². The van der Waals surface area contributed by atoms with E-state index in [0.717, 1.165) is 5.57 Å². The molecule has 0 atom stereocenters. The molecule has 0 aromatic heterocycles. The molecule has 0 radical (unpaired) electrons. The fourth-order valence-electron chi connectivity index (χ4n) is 1.75. The summed E-state index contributed by atoms with van der Waals surface area (Å²) in [6.07, 6.45) is 6.90. The van der Waals surface area contributed by atoms with Crippen LogP contribution < -0.4 is 5.32 Å². The van der Waals surface area contributed by atoms with Crippen LogP contribution in [-0.2, 0) is 4.79 Å². The fraction of sp³-hybridized carbons (Fsp3) is 0.625. The van der Waals surface area contributed by atoms with E-state index in [4.69, 9.17) is 0 Å². The summed E-state index contributed by atoms with van der Waals surface area (Å²) in [4.78, 5) is 10.8. The van der Waals surface area contributed by atoms with Crippen molar-refractivity contribution in [3.63, 3.8) is 0 Å². The molecule has 1 aliphatic heterocycles. The Bertz CT molecular complexity index is 189. The second kappa shape index (κ2) is 2.11. The summed E-state index contributed by atoms with van der Waals surface area (Å²) >= 11 is 0. The molecule has 0 aromatic rings. The summed E-state index contributed by atoms with van der Waals surface area (Å²) in [6, 6.07) is 0. The summed E-state index contributed by atoms with van der Waals surface area (Å²) in [5.74, 6) is 0.751. The SMILES string of the molecule is O=C1NC=C1C1CCCC1. The predicted octanol–water partition coefficient (Wildman–Crippen LogP) is 1.19. The van der Waals surface area contributed by atoms with Crippen molar-refractivity contribution >= 4 is 5.91 Å². The Balaban J connectivity index is 2.05. The molecule has 1 amide bonds. The second-order valence-electron chi connectivity index (χ2n) is 3.05. The number of hydrogen-bond donors (Lipinski definition) is 1. The molecule has 1 fully saturated rings. The average Bonchev–Trinajstić information content (AvgIpc) is 2.37. The van der Waals surface area contributed by atoms with E-state index in [9.17, 15) is 4.79 Å². The molecule has 2 aliphatic rings. The van der Waals surface area contributed by atoms with Crippen molar-refractivity contribution in [3.05, 3.63) is 11.8 Å². The maximum absolute atomic E-state index is 10.8. The maximum Gasteiger partial charge on any atom is 0.252 e. The second-order valence-corrected chi connectivity index (χ2v) is 3.05. The molecule has 1 heterocycles. The summed E-state index contributed by atoms with van der Waals surface area (Å²) in [5.41, 5.74) is 1.04. The Kier molecular flexibility index (Phi) is 1.26. The van der Waals surface area contributed by atoms with Gasteiger partial charge in [-0.05, 0) is 18.8 Å². The molecule has 0 spiro atoms. The average molecular weight is 137 g/mol. The first-order valence-corrected chi connectivity index (χ1v) is 3.89. The first kappa shape index (κ1) is 5.96. The lowest BCUT2D eigenvalue weighted by atomic mass is 9.95. The molecule has 54 valence electrons.